The van der Waals surface area contributed by atoms with Crippen LogP contribution in [-0.4, -0.2) is 30.2 Å². The Labute approximate surface area is 149 Å². The first-order chi connectivity index (χ1) is 12.4. The summed E-state index contributed by atoms with van der Waals surface area (Å²) in [6.45, 7) is 0. The van der Waals surface area contributed by atoms with E-state index in [2.05, 4.69) is 9.97 Å². The highest BCUT2D eigenvalue weighted by Crippen LogP contribution is 2.40. The van der Waals surface area contributed by atoms with Crippen LogP contribution in [-0.2, 0) is 6.18 Å². The van der Waals surface area contributed by atoms with Crippen molar-refractivity contribution in [1.29, 1.82) is 0 Å². The normalized spacial score (nSPS) is 15.1. The molecule has 0 unspecified atom stereocenters. The van der Waals surface area contributed by atoms with Crippen molar-refractivity contribution in [3.8, 4) is 11.8 Å². The lowest BCUT2D eigenvalue weighted by Crippen LogP contribution is -2.21. The van der Waals surface area contributed by atoms with Crippen LogP contribution in [0.4, 0.5) is 24.7 Å². The van der Waals surface area contributed by atoms with Crippen molar-refractivity contribution in [2.24, 2.45) is 0 Å². The van der Waals surface area contributed by atoms with E-state index in [9.17, 15) is 13.2 Å². The Morgan fingerprint density at radius 2 is 1.85 bits per heavy atom. The molecule has 0 amide bonds. The van der Waals surface area contributed by atoms with Crippen LogP contribution in [0.5, 0.6) is 11.8 Å². The molecule has 1 aromatic heterocycles. The minimum atomic E-state index is -4.59. The summed E-state index contributed by atoms with van der Waals surface area (Å²) in [6.07, 6.45) is 0.343. The smallest absolute Gasteiger partial charge is 0.421 e. The largest absolute Gasteiger partial charge is 0.488 e. The molecular weight excluding hydrogens is 347 g/mol. The Bertz CT molecular complexity index is 762. The van der Waals surface area contributed by atoms with E-state index in [4.69, 9.17) is 9.47 Å². The van der Waals surface area contributed by atoms with Gasteiger partial charge in [0.15, 0.2) is 5.82 Å². The molecule has 1 heterocycles. The molecule has 1 saturated carbocycles. The van der Waals surface area contributed by atoms with Crippen LogP contribution in [0.15, 0.2) is 30.5 Å². The first kappa shape index (κ1) is 18.3. The maximum absolute atomic E-state index is 13.4. The molecule has 0 saturated heterocycles. The maximum atomic E-state index is 13.4. The van der Waals surface area contributed by atoms with Crippen LogP contribution in [0.2, 0.25) is 0 Å². The molecule has 2 aromatic rings. The number of para-hydroxylation sites is 2. The molecule has 0 spiro atoms. The third kappa shape index (κ3) is 3.84. The van der Waals surface area contributed by atoms with Crippen LogP contribution >= 0.6 is 0 Å². The third-order valence-electron chi connectivity index (χ3n) is 4.37. The quantitative estimate of drug-likeness (QED) is 0.773. The fourth-order valence-corrected chi connectivity index (χ4v) is 3.04. The number of anilines is 2. The standard InChI is InChI=1S/C18H20F3N3O2/c1-24(16-13(18(19,20)21)11-22-17(23-16)25-2)14-9-5-6-10-15(14)26-12-7-3-4-8-12/h5-6,9-12H,3-4,7-8H2,1-2H3. The van der Waals surface area contributed by atoms with E-state index < -0.39 is 11.7 Å². The second-order valence-electron chi connectivity index (χ2n) is 6.14. The molecule has 1 fully saturated rings. The molecule has 140 valence electrons. The number of aromatic nitrogens is 2. The van der Waals surface area contributed by atoms with Gasteiger partial charge in [-0.05, 0) is 37.8 Å². The highest BCUT2D eigenvalue weighted by molar-refractivity contribution is 5.68. The molecule has 0 atom stereocenters. The number of halogens is 3. The summed E-state index contributed by atoms with van der Waals surface area (Å²) in [5.41, 5.74) is -0.429. The first-order valence-electron chi connectivity index (χ1n) is 8.38. The van der Waals surface area contributed by atoms with Gasteiger partial charge in [0.1, 0.15) is 11.3 Å². The van der Waals surface area contributed by atoms with Gasteiger partial charge < -0.3 is 14.4 Å². The average Bonchev–Trinajstić information content (AvgIpc) is 3.13. The summed E-state index contributed by atoms with van der Waals surface area (Å²) in [5, 5.41) is 0. The lowest BCUT2D eigenvalue weighted by molar-refractivity contribution is -0.137. The van der Waals surface area contributed by atoms with Crippen molar-refractivity contribution in [2.45, 2.75) is 38.0 Å². The van der Waals surface area contributed by atoms with Crippen LogP contribution < -0.4 is 14.4 Å². The van der Waals surface area contributed by atoms with Gasteiger partial charge in [-0.25, -0.2) is 4.98 Å². The van der Waals surface area contributed by atoms with E-state index in [-0.39, 0.29) is 17.9 Å². The number of hydrogen-bond donors (Lipinski definition) is 0. The van der Waals surface area contributed by atoms with Gasteiger partial charge in [0.25, 0.3) is 0 Å². The van der Waals surface area contributed by atoms with E-state index in [0.29, 0.717) is 11.4 Å². The minimum absolute atomic E-state index is 0.0894. The third-order valence-corrected chi connectivity index (χ3v) is 4.37. The number of hydrogen-bond acceptors (Lipinski definition) is 5. The second-order valence-corrected chi connectivity index (χ2v) is 6.14. The van der Waals surface area contributed by atoms with Gasteiger partial charge in [-0.2, -0.15) is 18.2 Å². The fourth-order valence-electron chi connectivity index (χ4n) is 3.04. The predicted octanol–water partition coefficient (Wildman–Crippen LogP) is 4.59. The zero-order chi connectivity index (χ0) is 18.7. The SMILES string of the molecule is COc1ncc(C(F)(F)F)c(N(C)c2ccccc2OC2CCCC2)n1. The Kier molecular flexibility index (Phi) is 5.20. The van der Waals surface area contributed by atoms with Crippen molar-refractivity contribution < 1.29 is 22.6 Å². The zero-order valence-electron chi connectivity index (χ0n) is 14.6. The zero-order valence-corrected chi connectivity index (χ0v) is 14.6. The van der Waals surface area contributed by atoms with Gasteiger partial charge in [-0.3, -0.25) is 0 Å². The van der Waals surface area contributed by atoms with E-state index in [1.165, 1.54) is 19.1 Å². The molecular formula is C18H20F3N3O2. The molecule has 0 bridgehead atoms. The van der Waals surface area contributed by atoms with Gasteiger partial charge >= 0.3 is 12.2 Å². The van der Waals surface area contributed by atoms with Crippen LogP contribution in [0.3, 0.4) is 0 Å². The predicted molar refractivity (Wildman–Crippen MR) is 91.0 cm³/mol. The highest BCUT2D eigenvalue weighted by Gasteiger charge is 2.37. The average molecular weight is 367 g/mol. The van der Waals surface area contributed by atoms with E-state index in [0.717, 1.165) is 31.9 Å². The van der Waals surface area contributed by atoms with E-state index >= 15 is 0 Å². The minimum Gasteiger partial charge on any atom is -0.488 e. The molecule has 5 nitrogen and oxygen atoms in total. The Morgan fingerprint density at radius 3 is 2.50 bits per heavy atom. The lowest BCUT2D eigenvalue weighted by Gasteiger charge is -2.25. The van der Waals surface area contributed by atoms with Crippen LogP contribution in [0.25, 0.3) is 0 Å². The monoisotopic (exact) mass is 367 g/mol. The summed E-state index contributed by atoms with van der Waals surface area (Å²) in [6, 6.07) is 6.88. The summed E-state index contributed by atoms with van der Waals surface area (Å²) >= 11 is 0. The fraction of sp³-hybridized carbons (Fsp3) is 0.444. The molecule has 0 radical (unpaired) electrons. The van der Waals surface area contributed by atoms with Crippen molar-refractivity contribution in [3.63, 3.8) is 0 Å². The van der Waals surface area contributed by atoms with Crippen LogP contribution in [0.1, 0.15) is 31.2 Å². The number of ether oxygens (including phenoxy) is 2. The molecule has 1 aliphatic rings. The molecule has 0 N–H and O–H groups in total. The second kappa shape index (κ2) is 7.39. The van der Waals surface area contributed by atoms with E-state index in [1.807, 2.05) is 0 Å². The lowest BCUT2D eigenvalue weighted by atomic mass is 10.2. The van der Waals surface area contributed by atoms with Gasteiger partial charge in [0.2, 0.25) is 0 Å². The Balaban J connectivity index is 2.00. The summed E-state index contributed by atoms with van der Waals surface area (Å²) in [7, 11) is 2.83. The summed E-state index contributed by atoms with van der Waals surface area (Å²) in [4.78, 5) is 8.88. The number of alkyl halides is 3. The molecule has 1 aromatic carbocycles. The Morgan fingerprint density at radius 1 is 1.15 bits per heavy atom. The Hall–Kier alpha value is -2.51. The van der Waals surface area contributed by atoms with Gasteiger partial charge in [0, 0.05) is 13.2 Å². The molecule has 1 aliphatic carbocycles. The number of nitrogens with zero attached hydrogens (tertiary/aromatic N) is 3. The molecule has 26 heavy (non-hydrogen) atoms. The number of methoxy groups -OCH3 is 1. The summed E-state index contributed by atoms with van der Waals surface area (Å²) in [5.74, 6) is 0.249. The number of rotatable bonds is 5. The number of benzene rings is 1. The van der Waals surface area contributed by atoms with Gasteiger partial charge in [-0.1, -0.05) is 12.1 Å². The van der Waals surface area contributed by atoms with Crippen LogP contribution in [0, 0.1) is 0 Å². The van der Waals surface area contributed by atoms with Crippen molar-refractivity contribution in [2.75, 3.05) is 19.1 Å². The molecule has 0 aliphatic heterocycles. The van der Waals surface area contributed by atoms with E-state index in [1.54, 1.807) is 24.3 Å². The molecule has 3 rings (SSSR count). The van der Waals surface area contributed by atoms with Gasteiger partial charge in [0.05, 0.1) is 18.9 Å². The van der Waals surface area contributed by atoms with Crippen molar-refractivity contribution in [1.82, 2.24) is 9.97 Å². The van der Waals surface area contributed by atoms with Crippen molar-refractivity contribution >= 4 is 11.5 Å². The maximum Gasteiger partial charge on any atom is 0.421 e. The summed E-state index contributed by atoms with van der Waals surface area (Å²) < 4.78 is 51.2. The highest BCUT2D eigenvalue weighted by atomic mass is 19.4. The first-order valence-corrected chi connectivity index (χ1v) is 8.38. The molecule has 8 heteroatoms. The topological polar surface area (TPSA) is 47.5 Å². The van der Waals surface area contributed by atoms with Crippen molar-refractivity contribution in [3.05, 3.63) is 36.0 Å². The van der Waals surface area contributed by atoms with Gasteiger partial charge in [-0.15, -0.1) is 0 Å².